The quantitative estimate of drug-likeness (QED) is 0.145. The van der Waals surface area contributed by atoms with Crippen LogP contribution in [-0.4, -0.2) is 123 Å². The first-order valence-corrected chi connectivity index (χ1v) is 15.3. The fraction of sp³-hybridized carbons (Fsp3) is 0.400. The van der Waals surface area contributed by atoms with E-state index < -0.39 is 53.1 Å². The first kappa shape index (κ1) is 30.8. The van der Waals surface area contributed by atoms with Crippen LogP contribution < -0.4 is 10.6 Å². The summed E-state index contributed by atoms with van der Waals surface area (Å²) in [6.07, 6.45) is 0. The van der Waals surface area contributed by atoms with Gasteiger partial charge in [-0.1, -0.05) is 23.9 Å². The van der Waals surface area contributed by atoms with Gasteiger partial charge in [0.1, 0.15) is 28.9 Å². The van der Waals surface area contributed by atoms with Crippen molar-refractivity contribution in [3.63, 3.8) is 0 Å². The molecule has 5 rings (SSSR count). The lowest BCUT2D eigenvalue weighted by Gasteiger charge is -2.49. The van der Waals surface area contributed by atoms with Crippen molar-refractivity contribution >= 4 is 59.2 Å². The number of hydrogen-bond acceptors (Lipinski definition) is 12. The number of phenolic OH excluding ortho intramolecular Hbond substituents is 1. The van der Waals surface area contributed by atoms with E-state index in [0.717, 1.165) is 4.90 Å². The molecule has 3 aliphatic rings. The number of aryl methyl sites for hydroxylation is 1. The number of amides is 6. The number of benzene rings is 1. The first-order valence-electron chi connectivity index (χ1n) is 13.3. The Morgan fingerprint density at radius 1 is 1.14 bits per heavy atom. The van der Waals surface area contributed by atoms with Gasteiger partial charge < -0.3 is 25.7 Å². The number of aromatic hydroxyl groups is 1. The van der Waals surface area contributed by atoms with Crippen molar-refractivity contribution in [3.05, 3.63) is 41.1 Å². The number of urea groups is 1. The van der Waals surface area contributed by atoms with E-state index in [-0.39, 0.29) is 41.6 Å². The number of nitrogens with zero attached hydrogens (tertiary/aromatic N) is 7. The minimum absolute atomic E-state index is 0.0823. The van der Waals surface area contributed by atoms with Gasteiger partial charge in [-0.2, -0.15) is 0 Å². The van der Waals surface area contributed by atoms with Gasteiger partial charge in [0, 0.05) is 38.2 Å². The minimum Gasteiger partial charge on any atom is -0.508 e. The van der Waals surface area contributed by atoms with E-state index in [2.05, 4.69) is 26.2 Å². The van der Waals surface area contributed by atoms with Gasteiger partial charge in [0.2, 0.25) is 11.1 Å². The van der Waals surface area contributed by atoms with E-state index in [1.165, 1.54) is 57.4 Å². The molecule has 1 aromatic heterocycles. The Kier molecular flexibility index (Phi) is 8.77. The molecule has 232 valence electrons. The third-order valence-corrected chi connectivity index (χ3v) is 9.63. The molecule has 6 amide bonds. The van der Waals surface area contributed by atoms with E-state index >= 15 is 0 Å². The smallest absolute Gasteiger partial charge is 0.352 e. The molecule has 4 N–H and O–H groups in total. The lowest BCUT2D eigenvalue weighted by atomic mass is 10.0. The molecule has 2 fully saturated rings. The number of rotatable bonds is 9. The Morgan fingerprint density at radius 2 is 1.86 bits per heavy atom. The van der Waals surface area contributed by atoms with Gasteiger partial charge in [-0.05, 0) is 40.6 Å². The van der Waals surface area contributed by atoms with Gasteiger partial charge in [0.15, 0.2) is 0 Å². The average Bonchev–Trinajstić information content (AvgIpc) is 3.42. The fourth-order valence-corrected chi connectivity index (χ4v) is 7.20. The molecule has 3 atom stereocenters. The second kappa shape index (κ2) is 12.5. The van der Waals surface area contributed by atoms with Crippen LogP contribution in [0.3, 0.4) is 0 Å². The lowest BCUT2D eigenvalue weighted by Crippen LogP contribution is -2.71. The van der Waals surface area contributed by atoms with Gasteiger partial charge in [-0.15, -0.1) is 16.9 Å². The van der Waals surface area contributed by atoms with Crippen LogP contribution in [0.1, 0.15) is 18.5 Å². The number of thioether (sulfide) groups is 2. The normalized spacial score (nSPS) is 20.7. The molecular formula is C25H27N9O8S2. The minimum atomic E-state index is -1.42. The molecule has 0 bridgehead atoms. The third-order valence-electron chi connectivity index (χ3n) is 7.20. The summed E-state index contributed by atoms with van der Waals surface area (Å²) in [5.74, 6) is -4.26. The second-order valence-corrected chi connectivity index (χ2v) is 11.9. The number of tetrazole rings is 1. The van der Waals surface area contributed by atoms with Crippen molar-refractivity contribution in [2.75, 3.05) is 31.1 Å². The van der Waals surface area contributed by atoms with Crippen LogP contribution in [0.5, 0.6) is 5.75 Å². The van der Waals surface area contributed by atoms with Crippen LogP contribution >= 0.6 is 23.5 Å². The Morgan fingerprint density at radius 3 is 2.50 bits per heavy atom. The molecule has 44 heavy (non-hydrogen) atoms. The number of piperazine rings is 1. The molecule has 19 heteroatoms. The molecule has 3 aliphatic heterocycles. The zero-order valence-corrected chi connectivity index (χ0v) is 25.0. The number of likely N-dealkylation sites (N-methyl/N-ethyl adjacent to an activating group) is 1. The summed E-state index contributed by atoms with van der Waals surface area (Å²) >= 11 is 2.49. The number of imide groups is 1. The van der Waals surface area contributed by atoms with Crippen LogP contribution in [0, 0.1) is 0 Å². The molecule has 1 aromatic carbocycles. The number of hydrogen-bond donors (Lipinski definition) is 4. The Labute approximate surface area is 258 Å². The topological polar surface area (TPSA) is 220 Å². The number of aliphatic carboxylic acids is 1. The Hall–Kier alpha value is -4.65. The van der Waals surface area contributed by atoms with Crippen molar-refractivity contribution in [1.82, 2.24) is 45.5 Å². The number of carbonyl (C=O) groups is 6. The summed E-state index contributed by atoms with van der Waals surface area (Å²) in [7, 11) is 1.64. The fourth-order valence-electron chi connectivity index (χ4n) is 4.86. The molecule has 0 unspecified atom stereocenters. The largest absolute Gasteiger partial charge is 0.508 e. The van der Waals surface area contributed by atoms with Crippen molar-refractivity contribution in [1.29, 1.82) is 0 Å². The SMILES string of the molecule is CCN1CCN(C(=O)N[C@H](C(=O)N[C@@H]2C(=O)N3C(C(=O)O)=C(CSc4nnnn4C)CS[C@H]23)c2ccc(O)cc2)C(=O)C1=O. The maximum Gasteiger partial charge on any atom is 0.352 e. The molecule has 0 spiro atoms. The maximum absolute atomic E-state index is 13.6. The number of β-lactam (4-membered cyclic amide) rings is 1. The molecule has 2 saturated heterocycles. The number of carboxylic acids is 1. The highest BCUT2D eigenvalue weighted by Gasteiger charge is 2.54. The Bertz CT molecular complexity index is 1560. The standard InChI is InChI=1S/C25H27N9O8S2/c1-3-32-8-9-33(21(39)20(32)38)24(42)27-15(12-4-6-14(35)7-5-12)18(36)26-16-19(37)34-17(23(40)41)13(10-43-22(16)34)11-44-25-28-29-30-31(25)2/h4-7,15-16,22,35H,3,8-11H2,1-2H3,(H,26,36)(H,27,42)(H,40,41)/t15-,16+,22+/m0/s1. The zero-order valence-electron chi connectivity index (χ0n) is 23.4. The van der Waals surface area contributed by atoms with Gasteiger partial charge in [0.25, 0.3) is 5.91 Å². The van der Waals surface area contributed by atoms with Crippen molar-refractivity contribution in [3.8, 4) is 5.75 Å². The first-order chi connectivity index (χ1) is 21.0. The van der Waals surface area contributed by atoms with Crippen molar-refractivity contribution in [2.24, 2.45) is 7.05 Å². The van der Waals surface area contributed by atoms with Gasteiger partial charge >= 0.3 is 23.8 Å². The van der Waals surface area contributed by atoms with E-state index in [4.69, 9.17) is 0 Å². The van der Waals surface area contributed by atoms with Crippen molar-refractivity contribution < 1.29 is 39.0 Å². The summed E-state index contributed by atoms with van der Waals surface area (Å²) in [5.41, 5.74) is 0.536. The number of carbonyl (C=O) groups excluding carboxylic acids is 5. The van der Waals surface area contributed by atoms with E-state index in [9.17, 15) is 39.0 Å². The average molecular weight is 646 g/mol. The number of carboxylic acid groups (broad SMARTS) is 1. The van der Waals surface area contributed by atoms with Crippen LogP contribution in [0.25, 0.3) is 0 Å². The van der Waals surface area contributed by atoms with E-state index in [0.29, 0.717) is 22.2 Å². The van der Waals surface area contributed by atoms with Crippen LogP contribution in [0.4, 0.5) is 4.79 Å². The molecule has 17 nitrogen and oxygen atoms in total. The zero-order chi connectivity index (χ0) is 31.7. The summed E-state index contributed by atoms with van der Waals surface area (Å²) in [6.45, 7) is 2.04. The maximum atomic E-state index is 13.6. The van der Waals surface area contributed by atoms with Gasteiger partial charge in [0.05, 0.1) is 0 Å². The van der Waals surface area contributed by atoms with Crippen LogP contribution in [-0.2, 0) is 31.0 Å². The summed E-state index contributed by atoms with van der Waals surface area (Å²) < 4.78 is 1.44. The summed E-state index contributed by atoms with van der Waals surface area (Å²) in [4.78, 5) is 80.1. The third kappa shape index (κ3) is 5.79. The summed E-state index contributed by atoms with van der Waals surface area (Å²) in [5, 5.41) is 35.6. The predicted molar refractivity (Wildman–Crippen MR) is 153 cm³/mol. The molecule has 0 aliphatic carbocycles. The number of nitrogens with one attached hydrogen (secondary N) is 2. The number of fused-ring (bicyclic) bond motifs is 1. The molecule has 2 aromatic rings. The second-order valence-electron chi connectivity index (χ2n) is 9.84. The van der Waals surface area contributed by atoms with Crippen LogP contribution in [0.15, 0.2) is 40.7 Å². The van der Waals surface area contributed by atoms with E-state index in [1.54, 1.807) is 14.0 Å². The molecular weight excluding hydrogens is 618 g/mol. The van der Waals surface area contributed by atoms with Gasteiger partial charge in [-0.25, -0.2) is 14.3 Å². The summed E-state index contributed by atoms with van der Waals surface area (Å²) in [6, 6.07) is 1.84. The number of phenols is 1. The molecule has 4 heterocycles. The highest BCUT2D eigenvalue weighted by atomic mass is 32.2. The lowest BCUT2D eigenvalue weighted by molar-refractivity contribution is -0.153. The molecule has 0 radical (unpaired) electrons. The predicted octanol–water partition coefficient (Wildman–Crippen LogP) is -1.11. The van der Waals surface area contributed by atoms with E-state index in [1.807, 2.05) is 0 Å². The monoisotopic (exact) mass is 645 g/mol. The van der Waals surface area contributed by atoms with Gasteiger partial charge in [-0.3, -0.25) is 29.0 Å². The molecule has 0 saturated carbocycles. The highest BCUT2D eigenvalue weighted by Crippen LogP contribution is 2.41. The number of aromatic nitrogens is 4. The van der Waals surface area contributed by atoms with Crippen molar-refractivity contribution in [2.45, 2.75) is 29.5 Å². The van der Waals surface area contributed by atoms with Crippen LogP contribution in [0.2, 0.25) is 0 Å². The highest BCUT2D eigenvalue weighted by molar-refractivity contribution is 8.01. The Balaban J connectivity index is 1.31.